The number of carbonyl (C=O) groups is 2. The molecule has 0 unspecified atom stereocenters. The number of anilines is 4. The molecule has 56 heavy (non-hydrogen) atoms. The number of nitrogen functional groups attached to an aromatic ring is 4. The number of benzene rings is 2. The van der Waals surface area contributed by atoms with Gasteiger partial charge in [-0.25, -0.2) is 9.97 Å². The van der Waals surface area contributed by atoms with Crippen LogP contribution in [0.3, 0.4) is 0 Å². The second-order valence-electron chi connectivity index (χ2n) is 12.6. The summed E-state index contributed by atoms with van der Waals surface area (Å²) in [6, 6.07) is 7.35. The molecule has 4 rings (SSSR count). The summed E-state index contributed by atoms with van der Waals surface area (Å²) in [4.78, 5) is 40.8. The number of hydrogen-bond donors (Lipinski definition) is 6. The zero-order valence-corrected chi connectivity index (χ0v) is 32.3. The molecule has 0 aliphatic carbocycles. The number of nitrogens with two attached hydrogens (primary N) is 4. The fourth-order valence-corrected chi connectivity index (χ4v) is 5.64. The second-order valence-corrected chi connectivity index (χ2v) is 12.6. The summed E-state index contributed by atoms with van der Waals surface area (Å²) >= 11 is 0. The Hall–Kier alpha value is -6.46. The fraction of sp³-hybridized carbons (Fsp3) is 0.421. The number of aromatic nitrogens is 4. The molecule has 0 fully saturated rings. The van der Waals surface area contributed by atoms with Crippen molar-refractivity contribution >= 4 is 35.3 Å². The summed E-state index contributed by atoms with van der Waals surface area (Å²) in [7, 11) is 6.19. The topological polar surface area (TPSA) is 269 Å². The van der Waals surface area contributed by atoms with Crippen molar-refractivity contribution in [1.82, 2.24) is 30.6 Å². The average molecular weight is 777 g/mol. The second kappa shape index (κ2) is 21.4. The first kappa shape index (κ1) is 42.3. The molecule has 2 amide bonds. The number of carbonyl (C=O) groups excluding carboxylic acids is 2. The van der Waals surface area contributed by atoms with E-state index >= 15 is 0 Å². The van der Waals surface area contributed by atoms with Crippen molar-refractivity contribution < 1.29 is 38.0 Å². The Balaban J connectivity index is 1.09. The zero-order valence-electron chi connectivity index (χ0n) is 32.3. The van der Waals surface area contributed by atoms with E-state index in [2.05, 4.69) is 30.6 Å². The molecule has 0 atom stereocenters. The Morgan fingerprint density at radius 3 is 1.25 bits per heavy atom. The molecule has 0 radical (unpaired) electrons. The number of hydrogen-bond acceptors (Lipinski definition) is 16. The minimum Gasteiger partial charge on any atom is -0.493 e. The lowest BCUT2D eigenvalue weighted by atomic mass is 10.1. The molecule has 0 saturated carbocycles. The predicted octanol–water partition coefficient (Wildman–Crippen LogP) is 2.84. The molecule has 18 heteroatoms. The number of unbranched alkanes of at least 4 members (excludes halogenated alkanes) is 2. The highest BCUT2D eigenvalue weighted by Crippen LogP contribution is 2.40. The van der Waals surface area contributed by atoms with Crippen LogP contribution in [0.5, 0.6) is 34.5 Å². The summed E-state index contributed by atoms with van der Waals surface area (Å²) in [5, 5.41) is 5.67. The van der Waals surface area contributed by atoms with Gasteiger partial charge in [-0.1, -0.05) is 0 Å². The molecule has 2 aromatic heterocycles. The standard InChI is InChI=1S/C38H52N10O8/c1-51-27-17-23(15-25-21-45-37(41)47-35(25)39)18-28(52-2)33(27)55-13-7-5-9-31(49)43-11-12-44-32(50)10-6-8-14-56-34-29(53-3)19-24(20-30(34)54-4)16-26-22-46-38(42)48-36(26)40/h17-22H,5-16H2,1-4H3,(H,43,49)(H,44,50)(H4,39,41,45,47)(H4,40,42,46,48). The van der Waals surface area contributed by atoms with E-state index < -0.39 is 0 Å². The number of rotatable bonds is 23. The number of methoxy groups -OCH3 is 4. The minimum atomic E-state index is -0.107. The van der Waals surface area contributed by atoms with E-state index in [1.54, 1.807) is 40.8 Å². The van der Waals surface area contributed by atoms with Crippen LogP contribution in [0.1, 0.15) is 60.8 Å². The van der Waals surface area contributed by atoms with Gasteiger partial charge in [0.05, 0.1) is 41.7 Å². The van der Waals surface area contributed by atoms with Crippen LogP contribution in [0.25, 0.3) is 0 Å². The monoisotopic (exact) mass is 776 g/mol. The smallest absolute Gasteiger partial charge is 0.221 e. The van der Waals surface area contributed by atoms with E-state index in [-0.39, 0.29) is 23.7 Å². The number of ether oxygens (including phenoxy) is 6. The molecular formula is C38H52N10O8. The minimum absolute atomic E-state index is 0.107. The van der Waals surface area contributed by atoms with Crippen LogP contribution in [0.4, 0.5) is 23.5 Å². The van der Waals surface area contributed by atoms with Crippen molar-refractivity contribution in [1.29, 1.82) is 0 Å². The van der Waals surface area contributed by atoms with Gasteiger partial charge in [-0.15, -0.1) is 0 Å². The van der Waals surface area contributed by atoms with E-state index in [1.807, 2.05) is 24.3 Å². The van der Waals surface area contributed by atoms with E-state index in [4.69, 9.17) is 51.4 Å². The lowest BCUT2D eigenvalue weighted by Crippen LogP contribution is -2.34. The van der Waals surface area contributed by atoms with Crippen LogP contribution in [0, 0.1) is 0 Å². The molecule has 2 aromatic carbocycles. The van der Waals surface area contributed by atoms with Gasteiger partial charge in [-0.2, -0.15) is 9.97 Å². The van der Waals surface area contributed by atoms with Crippen molar-refractivity contribution in [3.63, 3.8) is 0 Å². The first-order valence-corrected chi connectivity index (χ1v) is 18.1. The summed E-state index contributed by atoms with van der Waals surface area (Å²) in [5.74, 6) is 3.54. The average Bonchev–Trinajstić information content (AvgIpc) is 3.18. The number of amides is 2. The first-order chi connectivity index (χ1) is 27.0. The van der Waals surface area contributed by atoms with Gasteiger partial charge in [-0.3, -0.25) is 9.59 Å². The summed E-state index contributed by atoms with van der Waals surface area (Å²) < 4.78 is 34.3. The van der Waals surface area contributed by atoms with Crippen molar-refractivity contribution in [3.05, 3.63) is 58.9 Å². The number of nitrogens with one attached hydrogen (secondary N) is 2. The van der Waals surface area contributed by atoms with Crippen LogP contribution >= 0.6 is 0 Å². The largest absolute Gasteiger partial charge is 0.493 e. The van der Waals surface area contributed by atoms with Crippen LogP contribution in [0.15, 0.2) is 36.7 Å². The lowest BCUT2D eigenvalue weighted by Gasteiger charge is -2.16. The van der Waals surface area contributed by atoms with Crippen molar-refractivity contribution in [3.8, 4) is 34.5 Å². The fourth-order valence-electron chi connectivity index (χ4n) is 5.64. The predicted molar refractivity (Wildman–Crippen MR) is 211 cm³/mol. The van der Waals surface area contributed by atoms with Gasteiger partial charge >= 0.3 is 0 Å². The third-order valence-corrected chi connectivity index (χ3v) is 8.52. The van der Waals surface area contributed by atoms with Crippen LogP contribution in [-0.4, -0.2) is 86.5 Å². The Morgan fingerprint density at radius 1 is 0.571 bits per heavy atom. The van der Waals surface area contributed by atoms with Crippen LogP contribution in [-0.2, 0) is 22.4 Å². The Bertz CT molecular complexity index is 1740. The summed E-state index contributed by atoms with van der Waals surface area (Å²) in [5.41, 5.74) is 26.4. The van der Waals surface area contributed by atoms with Gasteiger partial charge in [0.25, 0.3) is 0 Å². The maximum absolute atomic E-state index is 12.4. The maximum Gasteiger partial charge on any atom is 0.221 e. The highest BCUT2D eigenvalue weighted by Gasteiger charge is 2.18. The van der Waals surface area contributed by atoms with E-state index in [1.165, 1.54) is 0 Å². The van der Waals surface area contributed by atoms with Gasteiger partial charge in [0.1, 0.15) is 11.6 Å². The van der Waals surface area contributed by atoms with E-state index in [0.29, 0.717) is 135 Å². The highest BCUT2D eigenvalue weighted by molar-refractivity contribution is 5.77. The molecule has 0 aliphatic heterocycles. The maximum atomic E-state index is 12.4. The van der Waals surface area contributed by atoms with Crippen molar-refractivity contribution in [2.75, 3.05) is 77.7 Å². The van der Waals surface area contributed by atoms with Crippen LogP contribution in [0.2, 0.25) is 0 Å². The Labute approximate surface area is 326 Å². The molecule has 0 saturated heterocycles. The van der Waals surface area contributed by atoms with Gasteiger partial charge in [0, 0.05) is 62.3 Å². The van der Waals surface area contributed by atoms with Crippen LogP contribution < -0.4 is 62.0 Å². The molecule has 10 N–H and O–H groups in total. The van der Waals surface area contributed by atoms with Gasteiger partial charge < -0.3 is 62.0 Å². The molecule has 0 aliphatic rings. The van der Waals surface area contributed by atoms with Crippen molar-refractivity contribution in [2.45, 2.75) is 51.4 Å². The number of nitrogens with zero attached hydrogens (tertiary/aromatic N) is 4. The molecular weight excluding hydrogens is 724 g/mol. The third kappa shape index (κ3) is 12.6. The molecule has 4 aromatic rings. The van der Waals surface area contributed by atoms with E-state index in [0.717, 1.165) is 11.1 Å². The molecule has 18 nitrogen and oxygen atoms in total. The molecule has 0 spiro atoms. The Morgan fingerprint density at radius 2 is 0.929 bits per heavy atom. The van der Waals surface area contributed by atoms with Gasteiger partial charge in [-0.05, 0) is 61.1 Å². The SMILES string of the molecule is COc1cc(Cc2cnc(N)nc2N)cc(OC)c1OCCCCC(=O)NCCNC(=O)CCCCOc1c(OC)cc(Cc2cnc(N)nc2N)cc1OC. The molecule has 302 valence electrons. The highest BCUT2D eigenvalue weighted by atomic mass is 16.5. The third-order valence-electron chi connectivity index (χ3n) is 8.52. The van der Waals surface area contributed by atoms with E-state index in [9.17, 15) is 9.59 Å². The quantitative estimate of drug-likeness (QED) is 0.0591. The van der Waals surface area contributed by atoms with Gasteiger partial charge in [0.15, 0.2) is 23.0 Å². The summed E-state index contributed by atoms with van der Waals surface area (Å²) in [6.45, 7) is 1.35. The summed E-state index contributed by atoms with van der Waals surface area (Å²) in [6.07, 6.45) is 7.17. The van der Waals surface area contributed by atoms with Crippen molar-refractivity contribution in [2.24, 2.45) is 0 Å². The molecule has 0 bridgehead atoms. The normalized spacial score (nSPS) is 10.7. The zero-order chi connectivity index (χ0) is 40.5. The first-order valence-electron chi connectivity index (χ1n) is 18.1. The molecule has 2 heterocycles. The Kier molecular flexibility index (Phi) is 16.2. The lowest BCUT2D eigenvalue weighted by molar-refractivity contribution is -0.123. The van der Waals surface area contributed by atoms with Gasteiger partial charge in [0.2, 0.25) is 35.2 Å².